The topological polar surface area (TPSA) is 60.9 Å². The Morgan fingerprint density at radius 3 is 2.53 bits per heavy atom. The van der Waals surface area contributed by atoms with E-state index in [2.05, 4.69) is 5.10 Å². The summed E-state index contributed by atoms with van der Waals surface area (Å²) in [5.74, 6) is 0. The normalized spacial score (nSPS) is 10.8. The van der Waals surface area contributed by atoms with E-state index in [0.29, 0.717) is 11.1 Å². The summed E-state index contributed by atoms with van der Waals surface area (Å²) in [5.41, 5.74) is 7.98. The summed E-state index contributed by atoms with van der Waals surface area (Å²) >= 11 is 0. The Bertz CT molecular complexity index is 807. The molecule has 0 unspecified atom stereocenters. The smallest absolute Gasteiger partial charge is 0.276 e. The highest BCUT2D eigenvalue weighted by molar-refractivity contribution is 6.00. The van der Waals surface area contributed by atoms with Crippen LogP contribution in [0.25, 0.3) is 22.0 Å². The van der Waals surface area contributed by atoms with Gasteiger partial charge in [0.05, 0.1) is 11.1 Å². The molecule has 0 aliphatic rings. The zero-order valence-electron chi connectivity index (χ0n) is 10.5. The van der Waals surface area contributed by atoms with Gasteiger partial charge in [-0.2, -0.15) is 5.10 Å². The highest BCUT2D eigenvalue weighted by Crippen LogP contribution is 2.26. The summed E-state index contributed by atoms with van der Waals surface area (Å²) in [5, 5.41) is 5.67. The number of nitrogens with zero attached hydrogens (tertiary/aromatic N) is 2. The first kappa shape index (κ1) is 11.5. The Hall–Kier alpha value is -2.62. The summed E-state index contributed by atoms with van der Waals surface area (Å²) < 4.78 is 1.33. The second kappa shape index (κ2) is 4.24. The highest BCUT2D eigenvalue weighted by Gasteiger charge is 2.12. The van der Waals surface area contributed by atoms with Gasteiger partial charge in [0.15, 0.2) is 0 Å². The number of nitrogen functional groups attached to an aromatic ring is 1. The molecule has 19 heavy (non-hydrogen) atoms. The first-order valence-corrected chi connectivity index (χ1v) is 5.99. The number of benzene rings is 2. The van der Waals surface area contributed by atoms with Crippen molar-refractivity contribution in [2.24, 2.45) is 7.05 Å². The number of aromatic nitrogens is 2. The molecular formula is C15H13N3O. The van der Waals surface area contributed by atoms with Gasteiger partial charge in [0.2, 0.25) is 0 Å². The van der Waals surface area contributed by atoms with Crippen molar-refractivity contribution in [1.29, 1.82) is 0 Å². The number of rotatable bonds is 1. The predicted molar refractivity (Wildman–Crippen MR) is 76.8 cm³/mol. The van der Waals surface area contributed by atoms with E-state index in [1.54, 1.807) is 13.1 Å². The van der Waals surface area contributed by atoms with Crippen LogP contribution in [-0.4, -0.2) is 9.78 Å². The van der Waals surface area contributed by atoms with E-state index in [1.807, 2.05) is 42.5 Å². The van der Waals surface area contributed by atoms with Gasteiger partial charge in [-0.15, -0.1) is 0 Å². The lowest BCUT2D eigenvalue weighted by atomic mass is 10.0. The molecule has 0 bridgehead atoms. The maximum absolute atomic E-state index is 12.2. The average Bonchev–Trinajstić information content (AvgIpc) is 2.43. The van der Waals surface area contributed by atoms with Crippen LogP contribution in [0, 0.1) is 0 Å². The molecule has 1 aromatic heterocycles. The summed E-state index contributed by atoms with van der Waals surface area (Å²) in [6, 6.07) is 15.2. The molecule has 0 aliphatic heterocycles. The van der Waals surface area contributed by atoms with Crippen molar-refractivity contribution >= 4 is 16.5 Å². The molecule has 0 amide bonds. The standard InChI is InChI=1S/C15H13N3O/c1-18-15(19)13-11(8-5-9-12(13)16)14(17-18)10-6-3-2-4-7-10/h2-9H,16H2,1H3. The Kier molecular flexibility index (Phi) is 2.56. The molecule has 4 nitrogen and oxygen atoms in total. The van der Waals surface area contributed by atoms with E-state index >= 15 is 0 Å². The number of aryl methyl sites for hydroxylation is 1. The van der Waals surface area contributed by atoms with Gasteiger partial charge in [-0.3, -0.25) is 4.79 Å². The quantitative estimate of drug-likeness (QED) is 0.674. The van der Waals surface area contributed by atoms with Gasteiger partial charge < -0.3 is 5.73 Å². The molecular weight excluding hydrogens is 238 g/mol. The molecule has 0 fully saturated rings. The van der Waals surface area contributed by atoms with Crippen LogP contribution in [0.2, 0.25) is 0 Å². The Morgan fingerprint density at radius 1 is 1.05 bits per heavy atom. The van der Waals surface area contributed by atoms with Crippen molar-refractivity contribution in [2.75, 3.05) is 5.73 Å². The molecule has 2 N–H and O–H groups in total. The molecule has 0 radical (unpaired) electrons. The molecule has 0 atom stereocenters. The number of nitrogens with two attached hydrogens (primary N) is 1. The van der Waals surface area contributed by atoms with Gasteiger partial charge in [-0.05, 0) is 6.07 Å². The van der Waals surface area contributed by atoms with E-state index in [-0.39, 0.29) is 5.56 Å². The molecule has 94 valence electrons. The fourth-order valence-electron chi connectivity index (χ4n) is 2.23. The molecule has 1 heterocycles. The van der Waals surface area contributed by atoms with E-state index in [1.165, 1.54) is 4.68 Å². The lowest BCUT2D eigenvalue weighted by Crippen LogP contribution is -2.21. The summed E-state index contributed by atoms with van der Waals surface area (Å²) in [6.45, 7) is 0. The Labute approximate surface area is 110 Å². The summed E-state index contributed by atoms with van der Waals surface area (Å²) in [4.78, 5) is 12.2. The lowest BCUT2D eigenvalue weighted by Gasteiger charge is -2.09. The Morgan fingerprint density at radius 2 is 1.79 bits per heavy atom. The van der Waals surface area contributed by atoms with Gasteiger partial charge >= 0.3 is 0 Å². The maximum Gasteiger partial charge on any atom is 0.276 e. The second-order valence-corrected chi connectivity index (χ2v) is 4.41. The van der Waals surface area contributed by atoms with Gasteiger partial charge in [0, 0.05) is 23.7 Å². The average molecular weight is 251 g/mol. The van der Waals surface area contributed by atoms with E-state index in [9.17, 15) is 4.79 Å². The third-order valence-electron chi connectivity index (χ3n) is 3.16. The fraction of sp³-hybridized carbons (Fsp3) is 0.0667. The van der Waals surface area contributed by atoms with Crippen molar-refractivity contribution in [3.8, 4) is 11.3 Å². The zero-order valence-corrected chi connectivity index (χ0v) is 10.5. The van der Waals surface area contributed by atoms with E-state index in [4.69, 9.17) is 5.73 Å². The molecule has 0 spiro atoms. The van der Waals surface area contributed by atoms with Crippen molar-refractivity contribution < 1.29 is 0 Å². The third kappa shape index (κ3) is 1.78. The van der Waals surface area contributed by atoms with Gasteiger partial charge in [0.1, 0.15) is 0 Å². The van der Waals surface area contributed by atoms with E-state index < -0.39 is 0 Å². The van der Waals surface area contributed by atoms with Crippen LogP contribution >= 0.6 is 0 Å². The third-order valence-corrected chi connectivity index (χ3v) is 3.16. The minimum absolute atomic E-state index is 0.173. The predicted octanol–water partition coefficient (Wildman–Crippen LogP) is 2.18. The number of fused-ring (bicyclic) bond motifs is 1. The minimum Gasteiger partial charge on any atom is -0.398 e. The van der Waals surface area contributed by atoms with E-state index in [0.717, 1.165) is 16.6 Å². The second-order valence-electron chi connectivity index (χ2n) is 4.41. The molecule has 2 aromatic carbocycles. The van der Waals surface area contributed by atoms with Crippen LogP contribution in [0.1, 0.15) is 0 Å². The Balaban J connectivity index is 2.48. The SMILES string of the molecule is Cn1nc(-c2ccccc2)c2cccc(N)c2c1=O. The van der Waals surface area contributed by atoms with Gasteiger partial charge in [-0.25, -0.2) is 4.68 Å². The molecule has 3 rings (SSSR count). The minimum atomic E-state index is -0.173. The van der Waals surface area contributed by atoms with Crippen molar-refractivity contribution in [3.05, 3.63) is 58.9 Å². The van der Waals surface area contributed by atoms with Crippen LogP contribution in [0.4, 0.5) is 5.69 Å². The monoisotopic (exact) mass is 251 g/mol. The van der Waals surface area contributed by atoms with Crippen molar-refractivity contribution in [2.45, 2.75) is 0 Å². The number of anilines is 1. The van der Waals surface area contributed by atoms with Crippen LogP contribution in [0.5, 0.6) is 0 Å². The van der Waals surface area contributed by atoms with Crippen LogP contribution in [0.15, 0.2) is 53.3 Å². The van der Waals surface area contributed by atoms with Gasteiger partial charge in [0.25, 0.3) is 5.56 Å². The lowest BCUT2D eigenvalue weighted by molar-refractivity contribution is 0.723. The largest absolute Gasteiger partial charge is 0.398 e. The molecule has 0 saturated heterocycles. The first-order valence-electron chi connectivity index (χ1n) is 5.99. The number of hydrogen-bond acceptors (Lipinski definition) is 3. The van der Waals surface area contributed by atoms with Crippen molar-refractivity contribution in [1.82, 2.24) is 9.78 Å². The van der Waals surface area contributed by atoms with Gasteiger partial charge in [-0.1, -0.05) is 42.5 Å². The number of hydrogen-bond donors (Lipinski definition) is 1. The van der Waals surface area contributed by atoms with Crippen LogP contribution < -0.4 is 11.3 Å². The maximum atomic E-state index is 12.2. The molecule has 4 heteroatoms. The van der Waals surface area contributed by atoms with Crippen LogP contribution in [-0.2, 0) is 7.05 Å². The fourth-order valence-corrected chi connectivity index (χ4v) is 2.23. The molecule has 3 aromatic rings. The van der Waals surface area contributed by atoms with Crippen molar-refractivity contribution in [3.63, 3.8) is 0 Å². The molecule has 0 saturated carbocycles. The molecule has 0 aliphatic carbocycles. The zero-order chi connectivity index (χ0) is 13.4. The highest BCUT2D eigenvalue weighted by atomic mass is 16.1. The summed E-state index contributed by atoms with van der Waals surface area (Å²) in [6.07, 6.45) is 0. The van der Waals surface area contributed by atoms with Crippen LogP contribution in [0.3, 0.4) is 0 Å². The summed E-state index contributed by atoms with van der Waals surface area (Å²) in [7, 11) is 1.64. The first-order chi connectivity index (χ1) is 9.18.